The van der Waals surface area contributed by atoms with Crippen LogP contribution in [0.25, 0.3) is 127 Å². The molecule has 0 amide bonds. The number of aromatic nitrogens is 3. The van der Waals surface area contributed by atoms with Crippen LogP contribution < -0.4 is 20.7 Å². The van der Waals surface area contributed by atoms with Crippen LogP contribution in [0, 0.1) is 0 Å². The largest absolute Gasteiger partial charge is 0.309 e. The summed E-state index contributed by atoms with van der Waals surface area (Å²) in [6.07, 6.45) is 0. The van der Waals surface area contributed by atoms with Crippen molar-refractivity contribution in [2.75, 3.05) is 0 Å². The Morgan fingerprint density at radius 2 is 0.591 bits per heavy atom. The molecule has 3 nitrogen and oxygen atoms in total. The predicted octanol–water partition coefficient (Wildman–Crippen LogP) is 19.0. The molecule has 3 aromatic heterocycles. The fraction of sp³-hybridized carbons (Fsp3) is 0. The molecule has 0 atom stereocenters. The fourth-order valence-corrected chi connectivity index (χ4v) is 18.4. The normalized spacial score (nSPS) is 13.6. The first-order valence-corrected chi connectivity index (χ1v) is 31.5. The Bertz CT molecular complexity index is 6010. The Morgan fingerprint density at radius 1 is 0.216 bits per heavy atom. The lowest BCUT2D eigenvalue weighted by molar-refractivity contribution is 1.13. The number of rotatable bonds is 11. The molecule has 3 heterocycles. The van der Waals surface area contributed by atoms with E-state index in [2.05, 4.69) is 168 Å². The van der Waals surface area contributed by atoms with E-state index in [1.54, 1.807) is 0 Å². The number of hydrogen-bond acceptors (Lipinski definition) is 0. The Balaban J connectivity index is 0.954. The van der Waals surface area contributed by atoms with Crippen LogP contribution in [0.3, 0.4) is 0 Å². The Morgan fingerprint density at radius 3 is 1.14 bits per heavy atom. The third kappa shape index (κ3) is 8.33. The molecular formula is C84H57N3Si. The first-order chi connectivity index (χ1) is 48.2. The molecule has 0 spiro atoms. The second kappa shape index (κ2) is 21.0. The van der Waals surface area contributed by atoms with Gasteiger partial charge in [-0.3, -0.25) is 0 Å². The van der Waals surface area contributed by atoms with Crippen molar-refractivity contribution in [3.8, 4) is 61.6 Å². The van der Waals surface area contributed by atoms with Gasteiger partial charge in [0.25, 0.3) is 0 Å². The van der Waals surface area contributed by atoms with Gasteiger partial charge in [0.1, 0.15) is 0 Å². The van der Waals surface area contributed by atoms with Gasteiger partial charge in [0.15, 0.2) is 8.07 Å². The maximum atomic E-state index is 10.8. The van der Waals surface area contributed by atoms with Crippen molar-refractivity contribution < 1.29 is 15.1 Å². The van der Waals surface area contributed by atoms with Gasteiger partial charge in [-0.15, -0.1) is 0 Å². The number of hydrogen-bond donors (Lipinski definition) is 0. The van der Waals surface area contributed by atoms with E-state index < -0.39 is 56.4 Å². The molecule has 0 fully saturated rings. The molecule has 0 unspecified atom stereocenters. The molecule has 0 bridgehead atoms. The smallest absolute Gasteiger partial charge is 0.179 e. The van der Waals surface area contributed by atoms with Crippen LogP contribution in [0.2, 0.25) is 0 Å². The number of para-hydroxylation sites is 4. The lowest BCUT2D eigenvalue weighted by Gasteiger charge is -2.35. The van der Waals surface area contributed by atoms with Crippen LogP contribution in [0.4, 0.5) is 0 Å². The second-order valence-corrected chi connectivity index (χ2v) is 26.1. The van der Waals surface area contributed by atoms with E-state index in [1.807, 2.05) is 120 Å². The molecule has 17 rings (SSSR count). The molecule has 0 aliphatic heterocycles. The van der Waals surface area contributed by atoms with E-state index in [1.165, 1.54) is 4.57 Å². The lowest BCUT2D eigenvalue weighted by Crippen LogP contribution is -2.74. The predicted molar refractivity (Wildman–Crippen MR) is 375 cm³/mol. The average molecular weight is 1150 g/mol. The van der Waals surface area contributed by atoms with Gasteiger partial charge in [0, 0.05) is 49.4 Å². The van der Waals surface area contributed by atoms with Gasteiger partial charge in [-0.25, -0.2) is 0 Å². The lowest BCUT2D eigenvalue weighted by atomic mass is 10.0. The van der Waals surface area contributed by atoms with Crippen molar-refractivity contribution in [2.45, 2.75) is 0 Å². The van der Waals surface area contributed by atoms with Crippen molar-refractivity contribution in [3.05, 3.63) is 346 Å². The Labute approximate surface area is 527 Å². The van der Waals surface area contributed by atoms with E-state index in [0.717, 1.165) is 92.4 Å². The third-order valence-electron chi connectivity index (χ3n) is 17.5. The topological polar surface area (TPSA) is 14.8 Å². The molecule has 0 N–H and O–H groups in total. The SMILES string of the molecule is [2H]c1c(-c2ccc([Si](c3ccccc3)(c3cccc(-c4ccccc4)c3)c3cccc(-c4ccccc4)c3)cc2)c([2H])c(-n2c3c([2H])c([2H])c([2H])c([2H])c3c3c([2H])c([2H])c([2H])c([2H])c32)c([2H])c1-n1c2ccccc2c2cc(-n3c4ccccc4c4cc(-c5ccccc5)ccc43)ccc21. The molecule has 4 heteroatoms. The molecule has 0 saturated heterocycles. The molecule has 0 aliphatic carbocycles. The molecule has 412 valence electrons. The summed E-state index contributed by atoms with van der Waals surface area (Å²) in [7, 11) is -3.41. The Kier molecular flexibility index (Phi) is 9.77. The number of fused-ring (bicyclic) bond motifs is 9. The highest BCUT2D eigenvalue weighted by Crippen LogP contribution is 2.41. The van der Waals surface area contributed by atoms with E-state index in [4.69, 9.17) is 5.48 Å². The molecule has 0 saturated carbocycles. The summed E-state index contributed by atoms with van der Waals surface area (Å²) in [4.78, 5) is 0. The summed E-state index contributed by atoms with van der Waals surface area (Å²) in [5.74, 6) is 0. The van der Waals surface area contributed by atoms with Crippen LogP contribution in [0.1, 0.15) is 15.1 Å². The monoisotopic (exact) mass is 1150 g/mol. The maximum Gasteiger partial charge on any atom is 0.179 e. The van der Waals surface area contributed by atoms with Gasteiger partial charge in [-0.05, 0) is 138 Å². The van der Waals surface area contributed by atoms with Crippen LogP contribution in [-0.4, -0.2) is 21.8 Å². The van der Waals surface area contributed by atoms with Gasteiger partial charge in [0.05, 0.1) is 48.2 Å². The third-order valence-corrected chi connectivity index (χ3v) is 22.3. The van der Waals surface area contributed by atoms with E-state index in [-0.39, 0.29) is 56.9 Å². The van der Waals surface area contributed by atoms with Crippen molar-refractivity contribution in [2.24, 2.45) is 0 Å². The molecule has 14 aromatic carbocycles. The van der Waals surface area contributed by atoms with Crippen LogP contribution in [-0.2, 0) is 0 Å². The van der Waals surface area contributed by atoms with Crippen LogP contribution >= 0.6 is 0 Å². The fourth-order valence-electron chi connectivity index (χ4n) is 13.6. The summed E-state index contributed by atoms with van der Waals surface area (Å²) < 4.78 is 112. The first kappa shape index (κ1) is 40.9. The molecule has 17 aromatic rings. The van der Waals surface area contributed by atoms with Gasteiger partial charge in [-0.1, -0.05) is 273 Å². The Hall–Kier alpha value is -11.3. The first-order valence-electron chi connectivity index (χ1n) is 35.0. The van der Waals surface area contributed by atoms with Crippen LogP contribution in [0.15, 0.2) is 346 Å². The minimum Gasteiger partial charge on any atom is -0.309 e. The minimum absolute atomic E-state index is 0.0319. The van der Waals surface area contributed by atoms with Gasteiger partial charge >= 0.3 is 0 Å². The van der Waals surface area contributed by atoms with Crippen molar-refractivity contribution in [3.63, 3.8) is 0 Å². The van der Waals surface area contributed by atoms with E-state index in [9.17, 15) is 9.60 Å². The van der Waals surface area contributed by atoms with Crippen LogP contribution in [0.5, 0.6) is 0 Å². The summed E-state index contributed by atoms with van der Waals surface area (Å²) in [6.45, 7) is 0. The highest BCUT2D eigenvalue weighted by Gasteiger charge is 2.42. The average Bonchev–Trinajstić information content (AvgIpc) is 1.58. The molecule has 88 heavy (non-hydrogen) atoms. The van der Waals surface area contributed by atoms with E-state index in [0.29, 0.717) is 16.6 Å². The summed E-state index contributed by atoms with van der Waals surface area (Å²) in [6, 6.07) is 90.4. The number of nitrogens with zero attached hydrogens (tertiary/aromatic N) is 3. The minimum atomic E-state index is -3.41. The van der Waals surface area contributed by atoms with E-state index >= 15 is 0 Å². The quantitative estimate of drug-likeness (QED) is 0.0906. The van der Waals surface area contributed by atoms with Gasteiger partial charge < -0.3 is 13.7 Å². The summed E-state index contributed by atoms with van der Waals surface area (Å²) in [5, 5.41) is 7.72. The summed E-state index contributed by atoms with van der Waals surface area (Å²) in [5.41, 5.74) is 10.4. The molecule has 0 radical (unpaired) electrons. The zero-order chi connectivity index (χ0) is 67.7. The molecular weight excluding hydrogens is 1080 g/mol. The van der Waals surface area contributed by atoms with Crippen molar-refractivity contribution in [1.29, 1.82) is 0 Å². The van der Waals surface area contributed by atoms with Gasteiger partial charge in [0.2, 0.25) is 0 Å². The molecule has 0 aliphatic rings. The highest BCUT2D eigenvalue weighted by molar-refractivity contribution is 7.20. The van der Waals surface area contributed by atoms with Gasteiger partial charge in [-0.2, -0.15) is 0 Å². The number of benzene rings is 14. The summed E-state index contributed by atoms with van der Waals surface area (Å²) >= 11 is 0. The second-order valence-electron chi connectivity index (χ2n) is 22.3. The maximum absolute atomic E-state index is 10.8. The standard InChI is InChI=1S/C84H57N3Si/c1-5-23-58(24-6-1)62-29-21-33-71(53-62)88(69-31-11-4-12-32-69,72-34-22-30-63(54-72)59-25-7-2-8-26-59)70-47-43-61(44-48-70)65-51-67(86-79-39-17-13-35-73(79)74-36-14-18-40-80(74)86)56-68(52-65)87-82-42-20-16-38-76(82)78-57-66(46-50-84(78)87)85-81-41-19-15-37-75(81)77-55-64(45-49-83(77)85)60-27-9-3-10-28-60/h1-57H/i13D,14D,17D,18D,35D,36D,39D,40D,51D,52D,56D. The highest BCUT2D eigenvalue weighted by atomic mass is 28.3. The zero-order valence-corrected chi connectivity index (χ0v) is 48.4. The van der Waals surface area contributed by atoms with Crippen molar-refractivity contribution in [1.82, 2.24) is 13.7 Å². The zero-order valence-electron chi connectivity index (χ0n) is 58.4. The van der Waals surface area contributed by atoms with Crippen molar-refractivity contribution >= 4 is 94.2 Å².